The molecule has 3 aromatic rings. The van der Waals surface area contributed by atoms with E-state index >= 15 is 0 Å². The van der Waals surface area contributed by atoms with Crippen molar-refractivity contribution in [2.75, 3.05) is 43.6 Å². The van der Waals surface area contributed by atoms with E-state index in [0.29, 0.717) is 17.5 Å². The average molecular weight is 444 g/mol. The van der Waals surface area contributed by atoms with Crippen molar-refractivity contribution in [1.82, 2.24) is 20.3 Å². The summed E-state index contributed by atoms with van der Waals surface area (Å²) in [6, 6.07) is 9.93. The number of methoxy groups -OCH3 is 1. The van der Waals surface area contributed by atoms with Gasteiger partial charge in [-0.25, -0.2) is 15.0 Å². The molecule has 1 atom stereocenters. The van der Waals surface area contributed by atoms with Gasteiger partial charge in [0, 0.05) is 48.0 Å². The molecule has 2 N–H and O–H groups in total. The Labute approximate surface area is 191 Å². The number of carbonyl (C=O) groups excluding carboxylic acids is 1. The van der Waals surface area contributed by atoms with Gasteiger partial charge in [-0.1, -0.05) is 0 Å². The zero-order valence-electron chi connectivity index (χ0n) is 18.2. The Morgan fingerprint density at radius 3 is 2.64 bits per heavy atom. The Bertz CT molecular complexity index is 1160. The fourth-order valence-corrected chi connectivity index (χ4v) is 3.98. The summed E-state index contributed by atoms with van der Waals surface area (Å²) in [6.45, 7) is 3.25. The number of anilines is 3. The van der Waals surface area contributed by atoms with Crippen LogP contribution in [-0.4, -0.2) is 54.7 Å². The summed E-state index contributed by atoms with van der Waals surface area (Å²) in [6.07, 6.45) is 7.92. The lowest BCUT2D eigenvalue weighted by Crippen LogP contribution is -2.36. The van der Waals surface area contributed by atoms with Crippen LogP contribution in [0.4, 0.5) is 17.2 Å². The van der Waals surface area contributed by atoms with Gasteiger partial charge in [-0.2, -0.15) is 0 Å². The van der Waals surface area contributed by atoms with E-state index in [4.69, 9.17) is 14.5 Å². The van der Waals surface area contributed by atoms with E-state index < -0.39 is 6.04 Å². The maximum atomic E-state index is 11.8. The molecule has 4 heterocycles. The highest BCUT2D eigenvalue weighted by Crippen LogP contribution is 2.34. The van der Waals surface area contributed by atoms with E-state index in [-0.39, 0.29) is 0 Å². The summed E-state index contributed by atoms with van der Waals surface area (Å²) >= 11 is 0. The fraction of sp³-hybridized carbons (Fsp3) is 0.250. The highest BCUT2D eigenvalue weighted by molar-refractivity contribution is 5.80. The van der Waals surface area contributed by atoms with E-state index in [1.807, 2.05) is 24.3 Å². The Morgan fingerprint density at radius 1 is 1.18 bits per heavy atom. The van der Waals surface area contributed by atoms with Gasteiger partial charge in [0.15, 0.2) is 0 Å². The van der Waals surface area contributed by atoms with Gasteiger partial charge in [-0.15, -0.1) is 0 Å². The zero-order chi connectivity index (χ0) is 22.6. The summed E-state index contributed by atoms with van der Waals surface area (Å²) in [5.74, 6) is 0.603. The van der Waals surface area contributed by atoms with E-state index in [1.54, 1.807) is 18.6 Å². The van der Waals surface area contributed by atoms with Crippen LogP contribution in [0, 0.1) is 0 Å². The number of fused-ring (bicyclic) bond motifs is 1. The topological polar surface area (TPSA) is 102 Å². The summed E-state index contributed by atoms with van der Waals surface area (Å²) in [7, 11) is 1.52. The molecule has 1 aromatic carbocycles. The van der Waals surface area contributed by atoms with E-state index in [1.165, 1.54) is 7.11 Å². The van der Waals surface area contributed by atoms with Crippen LogP contribution >= 0.6 is 0 Å². The minimum atomic E-state index is -0.492. The van der Waals surface area contributed by atoms with Gasteiger partial charge in [0.2, 0.25) is 0 Å². The first kappa shape index (κ1) is 20.9. The number of aromatic nitrogens is 3. The predicted molar refractivity (Wildman–Crippen MR) is 126 cm³/mol. The maximum Gasteiger partial charge on any atom is 0.316 e. The molecule has 1 unspecified atom stereocenters. The van der Waals surface area contributed by atoms with Crippen LogP contribution < -0.4 is 20.3 Å². The predicted octanol–water partition coefficient (Wildman–Crippen LogP) is 2.94. The number of aldehydes is 1. The van der Waals surface area contributed by atoms with Crippen molar-refractivity contribution in [3.63, 3.8) is 0 Å². The monoisotopic (exact) mass is 444 g/mol. The molecule has 9 heteroatoms. The molecule has 2 aliphatic rings. The Hall–Kier alpha value is -3.98. The number of morpholine rings is 1. The SMILES string of the molecule is COc1ncc(-c2cc3c(c(Nc4ccc(N5CCOCC5)cc4)n2)C(C=O)NC=C3)cn1. The van der Waals surface area contributed by atoms with Crippen molar-refractivity contribution in [1.29, 1.82) is 0 Å². The number of carbonyl (C=O) groups is 1. The third-order valence-electron chi connectivity index (χ3n) is 5.69. The molecule has 1 saturated heterocycles. The second kappa shape index (κ2) is 9.25. The second-order valence-electron chi connectivity index (χ2n) is 7.70. The number of ether oxygens (including phenoxy) is 2. The number of hydrogen-bond acceptors (Lipinski definition) is 9. The molecule has 0 bridgehead atoms. The van der Waals surface area contributed by atoms with Gasteiger partial charge in [-0.05, 0) is 48.2 Å². The third kappa shape index (κ3) is 4.35. The average Bonchev–Trinajstić information content (AvgIpc) is 2.89. The Balaban J connectivity index is 1.49. The summed E-state index contributed by atoms with van der Waals surface area (Å²) in [5.41, 5.74) is 5.17. The van der Waals surface area contributed by atoms with Crippen LogP contribution in [0.3, 0.4) is 0 Å². The summed E-state index contributed by atoms with van der Waals surface area (Å²) in [5, 5.41) is 6.50. The molecular formula is C24H24N6O3. The molecule has 1 fully saturated rings. The van der Waals surface area contributed by atoms with Crippen molar-refractivity contribution >= 4 is 29.6 Å². The number of hydrogen-bond donors (Lipinski definition) is 2. The molecule has 168 valence electrons. The number of benzene rings is 1. The van der Waals surface area contributed by atoms with Gasteiger partial charge in [0.25, 0.3) is 0 Å². The molecular weight excluding hydrogens is 420 g/mol. The lowest BCUT2D eigenvalue weighted by atomic mass is 9.97. The van der Waals surface area contributed by atoms with Gasteiger partial charge in [0.1, 0.15) is 18.1 Å². The largest absolute Gasteiger partial charge is 0.467 e. The quantitative estimate of drug-likeness (QED) is 0.556. The molecule has 0 amide bonds. The standard InChI is InChI=1S/C24H24N6O3/c1-32-24-26-13-17(14-27-24)20-12-16-6-7-25-21(15-31)22(16)23(29-20)28-18-2-4-19(5-3-18)30-8-10-33-11-9-30/h2-7,12-15,21,25H,8-11H2,1H3,(H,28,29). The molecule has 33 heavy (non-hydrogen) atoms. The van der Waals surface area contributed by atoms with E-state index in [9.17, 15) is 4.79 Å². The van der Waals surface area contributed by atoms with E-state index in [0.717, 1.165) is 60.7 Å². The number of nitrogens with zero attached hydrogens (tertiary/aromatic N) is 4. The van der Waals surface area contributed by atoms with Crippen molar-refractivity contribution in [3.8, 4) is 17.3 Å². The molecule has 0 aliphatic carbocycles. The highest BCUT2D eigenvalue weighted by atomic mass is 16.5. The molecule has 0 saturated carbocycles. The van der Waals surface area contributed by atoms with Gasteiger partial charge >= 0.3 is 6.01 Å². The Morgan fingerprint density at radius 2 is 1.94 bits per heavy atom. The van der Waals surface area contributed by atoms with Gasteiger partial charge in [-0.3, -0.25) is 0 Å². The van der Waals surface area contributed by atoms with Crippen LogP contribution in [0.15, 0.2) is 48.9 Å². The third-order valence-corrected chi connectivity index (χ3v) is 5.69. The second-order valence-corrected chi connectivity index (χ2v) is 7.70. The number of pyridine rings is 1. The van der Waals surface area contributed by atoms with Crippen LogP contribution in [0.1, 0.15) is 17.2 Å². The van der Waals surface area contributed by atoms with Gasteiger partial charge < -0.3 is 29.8 Å². The van der Waals surface area contributed by atoms with Crippen LogP contribution in [-0.2, 0) is 9.53 Å². The number of nitrogens with one attached hydrogen (secondary N) is 2. The minimum absolute atomic E-state index is 0.292. The highest BCUT2D eigenvalue weighted by Gasteiger charge is 2.23. The van der Waals surface area contributed by atoms with Crippen molar-refractivity contribution in [3.05, 3.63) is 60.1 Å². The Kier molecular flexibility index (Phi) is 5.86. The molecule has 0 radical (unpaired) electrons. The van der Waals surface area contributed by atoms with Crippen LogP contribution in [0.5, 0.6) is 6.01 Å². The van der Waals surface area contributed by atoms with Crippen molar-refractivity contribution in [2.24, 2.45) is 0 Å². The maximum absolute atomic E-state index is 11.8. The van der Waals surface area contributed by atoms with Gasteiger partial charge in [0.05, 0.1) is 26.0 Å². The molecule has 5 rings (SSSR count). The lowest BCUT2D eigenvalue weighted by Gasteiger charge is -2.29. The molecule has 0 spiro atoms. The van der Waals surface area contributed by atoms with Crippen molar-refractivity contribution in [2.45, 2.75) is 6.04 Å². The number of rotatable bonds is 6. The van der Waals surface area contributed by atoms with Crippen LogP contribution in [0.25, 0.3) is 17.3 Å². The van der Waals surface area contributed by atoms with E-state index in [2.05, 4.69) is 37.6 Å². The van der Waals surface area contributed by atoms with Crippen LogP contribution in [0.2, 0.25) is 0 Å². The lowest BCUT2D eigenvalue weighted by molar-refractivity contribution is -0.109. The normalized spacial score (nSPS) is 17.1. The summed E-state index contributed by atoms with van der Waals surface area (Å²) < 4.78 is 10.5. The first-order valence-corrected chi connectivity index (χ1v) is 10.7. The fourth-order valence-electron chi connectivity index (χ4n) is 3.98. The molecule has 2 aromatic heterocycles. The summed E-state index contributed by atoms with van der Waals surface area (Å²) in [4.78, 5) is 27.3. The smallest absolute Gasteiger partial charge is 0.316 e. The first-order chi connectivity index (χ1) is 16.2. The molecule has 2 aliphatic heterocycles. The minimum Gasteiger partial charge on any atom is -0.467 e. The van der Waals surface area contributed by atoms with Crippen molar-refractivity contribution < 1.29 is 14.3 Å². The molecule has 9 nitrogen and oxygen atoms in total. The zero-order valence-corrected chi connectivity index (χ0v) is 18.2. The first-order valence-electron chi connectivity index (χ1n) is 10.7.